The van der Waals surface area contributed by atoms with Crippen LogP contribution < -0.4 is 9.47 Å². The molecular weight excluding hydrogens is 191 g/mol. The minimum atomic E-state index is -0.242. The van der Waals surface area contributed by atoms with Crippen LogP contribution in [0.15, 0.2) is 24.3 Å². The van der Waals surface area contributed by atoms with Crippen LogP contribution >= 0.6 is 0 Å². The number of carbonyl (C=O) groups excluding carboxylic acids is 1. The number of rotatable bonds is 3. The van der Waals surface area contributed by atoms with E-state index >= 15 is 0 Å². The van der Waals surface area contributed by atoms with Gasteiger partial charge < -0.3 is 9.47 Å². The van der Waals surface area contributed by atoms with E-state index in [0.717, 1.165) is 0 Å². The second-order valence-electron chi connectivity index (χ2n) is 2.51. The molecule has 0 saturated carbocycles. The van der Waals surface area contributed by atoms with Gasteiger partial charge in [0, 0.05) is 12.5 Å². The molecule has 1 aromatic carbocycles. The van der Waals surface area contributed by atoms with Crippen molar-refractivity contribution in [1.29, 1.82) is 0 Å². The molecule has 4 heteroatoms. The Hall–Kier alpha value is -0.510. The molecule has 0 N–H and O–H groups in total. The average molecular weight is 204 g/mol. The van der Waals surface area contributed by atoms with Crippen molar-refractivity contribution in [1.82, 2.24) is 0 Å². The van der Waals surface area contributed by atoms with Crippen molar-refractivity contribution in [2.45, 2.75) is 13.3 Å². The summed E-state index contributed by atoms with van der Waals surface area (Å²) in [5.41, 5.74) is 0. The van der Waals surface area contributed by atoms with Gasteiger partial charge in [-0.2, -0.15) is 0 Å². The summed E-state index contributed by atoms with van der Waals surface area (Å²) >= 11 is 0. The molecule has 0 radical (unpaired) electrons. The molecule has 14 heavy (non-hydrogen) atoms. The first-order chi connectivity index (χ1) is 6.26. The van der Waals surface area contributed by atoms with Gasteiger partial charge in [0.15, 0.2) is 0 Å². The van der Waals surface area contributed by atoms with Crippen LogP contribution in [0.2, 0.25) is 0 Å². The third-order valence-corrected chi connectivity index (χ3v) is 1.56. The van der Waals surface area contributed by atoms with E-state index in [1.807, 2.05) is 0 Å². The standard InChI is InChI=1S/C10H12O3.Na.H/c1-3-10(11)13-9-6-4-5-8(7-9)12-2;;/h4-7H,3H2,1-2H3;;. The molecule has 0 unspecified atom stereocenters. The van der Waals surface area contributed by atoms with E-state index in [0.29, 0.717) is 17.9 Å². The van der Waals surface area contributed by atoms with Crippen molar-refractivity contribution in [3.8, 4) is 11.5 Å². The fourth-order valence-corrected chi connectivity index (χ4v) is 0.868. The van der Waals surface area contributed by atoms with Gasteiger partial charge in [0.1, 0.15) is 11.5 Å². The van der Waals surface area contributed by atoms with Crippen LogP contribution in [-0.4, -0.2) is 42.6 Å². The van der Waals surface area contributed by atoms with Crippen LogP contribution in [0.25, 0.3) is 0 Å². The molecule has 1 rings (SSSR count). The van der Waals surface area contributed by atoms with Crippen LogP contribution in [0.3, 0.4) is 0 Å². The molecule has 0 heterocycles. The Labute approximate surface area is 106 Å². The number of carbonyl (C=O) groups is 1. The predicted molar refractivity (Wildman–Crippen MR) is 56.1 cm³/mol. The van der Waals surface area contributed by atoms with E-state index in [9.17, 15) is 4.79 Å². The normalized spacial score (nSPS) is 8.71. The molecule has 0 amide bonds. The van der Waals surface area contributed by atoms with Crippen LogP contribution in [0, 0.1) is 0 Å². The zero-order valence-corrected chi connectivity index (χ0v) is 7.74. The number of hydrogen-bond donors (Lipinski definition) is 0. The average Bonchev–Trinajstić information content (AvgIpc) is 2.18. The van der Waals surface area contributed by atoms with Crippen molar-refractivity contribution in [2.75, 3.05) is 7.11 Å². The van der Waals surface area contributed by atoms with Gasteiger partial charge >= 0.3 is 35.5 Å². The zero-order chi connectivity index (χ0) is 9.68. The molecule has 0 aliphatic carbocycles. The molecule has 0 saturated heterocycles. The van der Waals surface area contributed by atoms with Gasteiger partial charge in [-0.1, -0.05) is 13.0 Å². The summed E-state index contributed by atoms with van der Waals surface area (Å²) < 4.78 is 9.97. The Bertz CT molecular complexity index is 299. The Morgan fingerprint density at radius 3 is 2.57 bits per heavy atom. The summed E-state index contributed by atoms with van der Waals surface area (Å²) in [6.07, 6.45) is 0.372. The molecule has 0 atom stereocenters. The Morgan fingerprint density at radius 2 is 2.00 bits per heavy atom. The van der Waals surface area contributed by atoms with Gasteiger partial charge in [-0.25, -0.2) is 0 Å². The molecule has 0 aliphatic rings. The number of esters is 1. The monoisotopic (exact) mass is 204 g/mol. The maximum absolute atomic E-state index is 10.9. The van der Waals surface area contributed by atoms with Crippen molar-refractivity contribution in [2.24, 2.45) is 0 Å². The summed E-state index contributed by atoms with van der Waals surface area (Å²) in [7, 11) is 1.57. The summed E-state index contributed by atoms with van der Waals surface area (Å²) in [6.45, 7) is 1.75. The summed E-state index contributed by atoms with van der Waals surface area (Å²) in [4.78, 5) is 10.9. The molecule has 72 valence electrons. The fourth-order valence-electron chi connectivity index (χ4n) is 0.868. The Kier molecular flexibility index (Phi) is 6.62. The van der Waals surface area contributed by atoms with Gasteiger partial charge in [-0.15, -0.1) is 0 Å². The van der Waals surface area contributed by atoms with Gasteiger partial charge in [-0.3, -0.25) is 4.79 Å². The van der Waals surface area contributed by atoms with E-state index in [1.54, 1.807) is 38.3 Å². The molecule has 0 bridgehead atoms. The van der Waals surface area contributed by atoms with Crippen molar-refractivity contribution in [3.63, 3.8) is 0 Å². The molecule has 0 aromatic heterocycles. The molecule has 0 aliphatic heterocycles. The Balaban J connectivity index is 0.00000169. The van der Waals surface area contributed by atoms with E-state index < -0.39 is 0 Å². The Morgan fingerprint density at radius 1 is 1.36 bits per heavy atom. The van der Waals surface area contributed by atoms with Crippen molar-refractivity contribution in [3.05, 3.63) is 24.3 Å². The fraction of sp³-hybridized carbons (Fsp3) is 0.300. The second kappa shape index (κ2) is 6.87. The first-order valence-electron chi connectivity index (χ1n) is 4.11. The molecule has 0 spiro atoms. The van der Waals surface area contributed by atoms with E-state index in [4.69, 9.17) is 9.47 Å². The van der Waals surface area contributed by atoms with Gasteiger partial charge in [-0.05, 0) is 12.1 Å². The molecular formula is C10H13NaO3. The van der Waals surface area contributed by atoms with E-state index in [2.05, 4.69) is 0 Å². The van der Waals surface area contributed by atoms with Crippen LogP contribution in [0.1, 0.15) is 13.3 Å². The van der Waals surface area contributed by atoms with Gasteiger partial charge in [0.25, 0.3) is 0 Å². The first kappa shape index (κ1) is 13.5. The topological polar surface area (TPSA) is 35.5 Å². The minimum absolute atomic E-state index is 0. The number of benzene rings is 1. The zero-order valence-electron chi connectivity index (χ0n) is 7.74. The molecule has 3 nitrogen and oxygen atoms in total. The van der Waals surface area contributed by atoms with Crippen molar-refractivity contribution >= 4 is 35.5 Å². The van der Waals surface area contributed by atoms with Gasteiger partial charge in [0.2, 0.25) is 0 Å². The molecule has 1 aromatic rings. The van der Waals surface area contributed by atoms with Crippen LogP contribution in [0.4, 0.5) is 0 Å². The number of ether oxygens (including phenoxy) is 2. The number of methoxy groups -OCH3 is 1. The van der Waals surface area contributed by atoms with Gasteiger partial charge in [0.05, 0.1) is 7.11 Å². The quantitative estimate of drug-likeness (QED) is 0.423. The maximum atomic E-state index is 10.9. The SMILES string of the molecule is CCC(=O)Oc1cccc(OC)c1.[NaH]. The molecule has 0 fully saturated rings. The third kappa shape index (κ3) is 4.13. The van der Waals surface area contributed by atoms with E-state index in [-0.39, 0.29) is 35.5 Å². The van der Waals surface area contributed by atoms with Crippen LogP contribution in [0.5, 0.6) is 11.5 Å². The first-order valence-corrected chi connectivity index (χ1v) is 4.11. The summed E-state index contributed by atoms with van der Waals surface area (Å²) in [6, 6.07) is 6.96. The van der Waals surface area contributed by atoms with Crippen molar-refractivity contribution < 1.29 is 14.3 Å². The second-order valence-corrected chi connectivity index (χ2v) is 2.51. The van der Waals surface area contributed by atoms with E-state index in [1.165, 1.54) is 0 Å². The van der Waals surface area contributed by atoms with Crippen LogP contribution in [-0.2, 0) is 4.79 Å². The predicted octanol–water partition coefficient (Wildman–Crippen LogP) is 1.36. The number of hydrogen-bond acceptors (Lipinski definition) is 3. The third-order valence-electron chi connectivity index (χ3n) is 1.56. The summed E-state index contributed by atoms with van der Waals surface area (Å²) in [5, 5.41) is 0. The summed E-state index contributed by atoms with van der Waals surface area (Å²) in [5.74, 6) is 0.959.